The maximum Gasteiger partial charge on any atom is 0.0539 e. The minimum Gasteiger partial charge on any atom is -0.325 e. The van der Waals surface area contributed by atoms with Crippen LogP contribution in [0.4, 0.5) is 0 Å². The van der Waals surface area contributed by atoms with Gasteiger partial charge in [0.25, 0.3) is 0 Å². The Kier molecular flexibility index (Phi) is 2.51. The number of hydrogen-bond donors (Lipinski definition) is 1. The molecule has 2 rings (SSSR count). The summed E-state index contributed by atoms with van der Waals surface area (Å²) < 4.78 is 0. The van der Waals surface area contributed by atoms with Crippen molar-refractivity contribution in [1.82, 2.24) is 9.97 Å². The molecule has 0 aromatic carbocycles. The molecule has 69 valence electrons. The van der Waals surface area contributed by atoms with E-state index in [9.17, 15) is 0 Å². The number of nitrogens with two attached hydrogens (primary N) is 1. The summed E-state index contributed by atoms with van der Waals surface area (Å²) in [6.07, 6.45) is 5.22. The lowest BCUT2D eigenvalue weighted by Gasteiger charge is -2.00. The summed E-state index contributed by atoms with van der Waals surface area (Å²) in [5.74, 6) is 0. The molecule has 3 nitrogen and oxygen atoms in total. The molecule has 0 aliphatic carbocycles. The summed E-state index contributed by atoms with van der Waals surface area (Å²) in [5, 5.41) is 0. The first-order valence-corrected chi connectivity index (χ1v) is 4.36. The van der Waals surface area contributed by atoms with Crippen molar-refractivity contribution in [1.29, 1.82) is 0 Å². The third kappa shape index (κ3) is 1.78. The molecule has 0 atom stereocenters. The lowest BCUT2D eigenvalue weighted by Crippen LogP contribution is -1.98. The third-order valence-electron chi connectivity index (χ3n) is 1.97. The molecule has 14 heavy (non-hydrogen) atoms. The van der Waals surface area contributed by atoms with E-state index in [0.717, 1.165) is 16.8 Å². The van der Waals surface area contributed by atoms with Crippen LogP contribution in [-0.2, 0) is 6.54 Å². The minimum atomic E-state index is 0.472. The first-order valence-electron chi connectivity index (χ1n) is 4.36. The van der Waals surface area contributed by atoms with Gasteiger partial charge in [0.05, 0.1) is 5.69 Å². The van der Waals surface area contributed by atoms with E-state index in [2.05, 4.69) is 16.0 Å². The van der Waals surface area contributed by atoms with Gasteiger partial charge < -0.3 is 5.73 Å². The van der Waals surface area contributed by atoms with Crippen LogP contribution in [0.2, 0.25) is 0 Å². The molecule has 3 heteroatoms. The van der Waals surface area contributed by atoms with Crippen molar-refractivity contribution in [2.45, 2.75) is 6.54 Å². The topological polar surface area (TPSA) is 51.8 Å². The van der Waals surface area contributed by atoms with E-state index in [1.165, 1.54) is 0 Å². The van der Waals surface area contributed by atoms with E-state index < -0.39 is 0 Å². The van der Waals surface area contributed by atoms with Gasteiger partial charge in [-0.05, 0) is 12.1 Å². The zero-order valence-corrected chi connectivity index (χ0v) is 7.64. The molecular weight excluding hydrogens is 174 g/mol. The summed E-state index contributed by atoms with van der Waals surface area (Å²) in [7, 11) is 0. The Labute approximate surface area is 82.6 Å². The minimum absolute atomic E-state index is 0.472. The number of rotatable bonds is 2. The molecule has 0 fully saturated rings. The van der Waals surface area contributed by atoms with Crippen molar-refractivity contribution in [3.63, 3.8) is 0 Å². The van der Waals surface area contributed by atoms with Gasteiger partial charge in [0, 0.05) is 42.3 Å². The highest BCUT2D eigenvalue weighted by molar-refractivity contribution is 5.60. The summed E-state index contributed by atoms with van der Waals surface area (Å²) in [5.41, 5.74) is 8.40. The van der Waals surface area contributed by atoms with Crippen molar-refractivity contribution < 1.29 is 0 Å². The van der Waals surface area contributed by atoms with Gasteiger partial charge in [0.1, 0.15) is 0 Å². The molecule has 0 saturated heterocycles. The predicted molar refractivity (Wildman–Crippen MR) is 54.2 cm³/mol. The largest absolute Gasteiger partial charge is 0.325 e. The van der Waals surface area contributed by atoms with Crippen LogP contribution >= 0.6 is 0 Å². The molecule has 0 bridgehead atoms. The van der Waals surface area contributed by atoms with Crippen molar-refractivity contribution in [3.05, 3.63) is 48.5 Å². The van der Waals surface area contributed by atoms with Crippen LogP contribution in [0.25, 0.3) is 11.1 Å². The van der Waals surface area contributed by atoms with Crippen LogP contribution < -0.4 is 5.73 Å². The second kappa shape index (κ2) is 3.98. The lowest BCUT2D eigenvalue weighted by molar-refractivity contribution is 0.991. The second-order valence-electron chi connectivity index (χ2n) is 2.92. The first-order chi connectivity index (χ1) is 6.90. The van der Waals surface area contributed by atoms with E-state index in [1.54, 1.807) is 18.6 Å². The van der Waals surface area contributed by atoms with Crippen LogP contribution in [0.3, 0.4) is 0 Å². The number of nitrogens with zero attached hydrogens (tertiary/aromatic N) is 2. The van der Waals surface area contributed by atoms with Crippen molar-refractivity contribution in [3.8, 4) is 11.1 Å². The van der Waals surface area contributed by atoms with E-state index in [4.69, 9.17) is 5.73 Å². The van der Waals surface area contributed by atoms with Gasteiger partial charge >= 0.3 is 0 Å². The summed E-state index contributed by atoms with van der Waals surface area (Å²) in [6.45, 7) is 0.472. The summed E-state index contributed by atoms with van der Waals surface area (Å²) in [4.78, 5) is 8.20. The lowest BCUT2D eigenvalue weighted by atomic mass is 10.1. The van der Waals surface area contributed by atoms with Gasteiger partial charge in [-0.3, -0.25) is 9.97 Å². The molecular formula is C11H10N3. The Bertz CT molecular complexity index is 395. The highest BCUT2D eigenvalue weighted by atomic mass is 14.7. The average molecular weight is 184 g/mol. The Morgan fingerprint density at radius 1 is 1.21 bits per heavy atom. The molecule has 0 amide bonds. The molecule has 2 N–H and O–H groups in total. The van der Waals surface area contributed by atoms with Crippen molar-refractivity contribution in [2.75, 3.05) is 0 Å². The maximum atomic E-state index is 5.46. The van der Waals surface area contributed by atoms with Gasteiger partial charge in [-0.25, -0.2) is 0 Å². The molecule has 0 aliphatic rings. The van der Waals surface area contributed by atoms with Gasteiger partial charge in [0.15, 0.2) is 0 Å². The standard InChI is InChI=1S/C11H10N3/c12-6-11-4-3-10(8-14-11)9-2-1-5-13-7-9/h2-5,7-8H,6,12H2. The van der Waals surface area contributed by atoms with Crippen LogP contribution in [0.15, 0.2) is 36.8 Å². The summed E-state index contributed by atoms with van der Waals surface area (Å²) >= 11 is 0. The fraction of sp³-hybridized carbons (Fsp3) is 0.0909. The second-order valence-corrected chi connectivity index (χ2v) is 2.92. The van der Waals surface area contributed by atoms with E-state index in [0.29, 0.717) is 6.54 Å². The molecule has 0 spiro atoms. The van der Waals surface area contributed by atoms with Crippen LogP contribution in [0.5, 0.6) is 0 Å². The highest BCUT2D eigenvalue weighted by Gasteiger charge is 1.97. The first kappa shape index (κ1) is 8.84. The molecule has 2 aromatic rings. The van der Waals surface area contributed by atoms with E-state index in [1.807, 2.05) is 18.2 Å². The number of pyridine rings is 2. The zero-order chi connectivity index (χ0) is 9.80. The fourth-order valence-corrected chi connectivity index (χ4v) is 1.20. The van der Waals surface area contributed by atoms with E-state index >= 15 is 0 Å². The normalized spacial score (nSPS) is 10.1. The maximum absolute atomic E-state index is 5.46. The van der Waals surface area contributed by atoms with Crippen molar-refractivity contribution >= 4 is 0 Å². The Morgan fingerprint density at radius 2 is 2.14 bits per heavy atom. The fourth-order valence-electron chi connectivity index (χ4n) is 1.20. The zero-order valence-electron chi connectivity index (χ0n) is 7.64. The van der Waals surface area contributed by atoms with Gasteiger partial charge in [-0.1, -0.05) is 6.07 Å². The predicted octanol–water partition coefficient (Wildman–Crippen LogP) is 1.40. The number of hydrogen-bond acceptors (Lipinski definition) is 3. The highest BCUT2D eigenvalue weighted by Crippen LogP contribution is 2.16. The van der Waals surface area contributed by atoms with Crippen LogP contribution in [0, 0.1) is 6.07 Å². The quantitative estimate of drug-likeness (QED) is 0.767. The molecule has 1 radical (unpaired) electrons. The average Bonchev–Trinajstić information content (AvgIpc) is 2.30. The van der Waals surface area contributed by atoms with Crippen LogP contribution in [0.1, 0.15) is 5.69 Å². The molecule has 2 heterocycles. The Hall–Kier alpha value is -1.74. The molecule has 0 aliphatic heterocycles. The molecule has 0 unspecified atom stereocenters. The third-order valence-corrected chi connectivity index (χ3v) is 1.97. The monoisotopic (exact) mass is 184 g/mol. The number of aromatic nitrogens is 2. The van der Waals surface area contributed by atoms with Gasteiger partial charge in [0.2, 0.25) is 0 Å². The summed E-state index contributed by atoms with van der Waals surface area (Å²) in [6, 6.07) is 8.71. The molecule has 0 saturated carbocycles. The van der Waals surface area contributed by atoms with Gasteiger partial charge in [-0.15, -0.1) is 0 Å². The SMILES string of the molecule is NCc1ccc(-c2c[c]cnc2)cn1. The Morgan fingerprint density at radius 3 is 2.71 bits per heavy atom. The molecule has 2 aromatic heterocycles. The van der Waals surface area contributed by atoms with E-state index in [-0.39, 0.29) is 0 Å². The smallest absolute Gasteiger partial charge is 0.0539 e. The van der Waals surface area contributed by atoms with Crippen molar-refractivity contribution in [2.24, 2.45) is 5.73 Å². The van der Waals surface area contributed by atoms with Crippen LogP contribution in [-0.4, -0.2) is 9.97 Å². The Balaban J connectivity index is 2.34. The van der Waals surface area contributed by atoms with Gasteiger partial charge in [-0.2, -0.15) is 0 Å².